The number of likely N-dealkylation sites (N-methyl/N-ethyl adjacent to an activating group) is 1. The molecule has 3 aliphatic heterocycles. The second-order valence-corrected chi connectivity index (χ2v) is 11.8. The van der Waals surface area contributed by atoms with Crippen LogP contribution in [0.2, 0.25) is 0 Å². The molecule has 0 bridgehead atoms. The van der Waals surface area contributed by atoms with Crippen molar-refractivity contribution >= 4 is 15.9 Å². The Kier molecular flexibility index (Phi) is 7.14. The summed E-state index contributed by atoms with van der Waals surface area (Å²) in [5, 5.41) is 0. The van der Waals surface area contributed by atoms with Gasteiger partial charge in [0.15, 0.2) is 0 Å². The SMILES string of the molecule is CN(C(=O)C1CCOc2ccc(S(=O)(=O)N3CCCC3)cc21)C(CN1CCCC1)c1ccccc1. The van der Waals surface area contributed by atoms with Crippen LogP contribution in [0.5, 0.6) is 5.75 Å². The number of sulfonamides is 1. The number of fused-ring (bicyclic) bond motifs is 1. The van der Waals surface area contributed by atoms with Gasteiger partial charge in [-0.05, 0) is 69.0 Å². The van der Waals surface area contributed by atoms with Crippen LogP contribution in [-0.4, -0.2) is 74.8 Å². The van der Waals surface area contributed by atoms with Crippen LogP contribution in [0, 0.1) is 0 Å². The predicted octanol–water partition coefficient (Wildman–Crippen LogP) is 3.63. The van der Waals surface area contributed by atoms with Gasteiger partial charge in [-0.25, -0.2) is 8.42 Å². The van der Waals surface area contributed by atoms with E-state index in [9.17, 15) is 13.2 Å². The summed E-state index contributed by atoms with van der Waals surface area (Å²) >= 11 is 0. The molecule has 8 heteroatoms. The zero-order valence-corrected chi connectivity index (χ0v) is 21.3. The summed E-state index contributed by atoms with van der Waals surface area (Å²) in [6.45, 7) is 4.46. The number of hydrogen-bond donors (Lipinski definition) is 0. The quantitative estimate of drug-likeness (QED) is 0.584. The minimum Gasteiger partial charge on any atom is -0.493 e. The summed E-state index contributed by atoms with van der Waals surface area (Å²) in [5.74, 6) is 0.194. The summed E-state index contributed by atoms with van der Waals surface area (Å²) in [7, 11) is -1.69. The highest BCUT2D eigenvalue weighted by molar-refractivity contribution is 7.89. The molecule has 2 aromatic rings. The van der Waals surface area contributed by atoms with Gasteiger partial charge in [0.05, 0.1) is 23.5 Å². The lowest BCUT2D eigenvalue weighted by atomic mass is 9.91. The van der Waals surface area contributed by atoms with E-state index in [0.29, 0.717) is 37.4 Å². The third-order valence-corrected chi connectivity index (χ3v) is 9.55. The lowest BCUT2D eigenvalue weighted by molar-refractivity contribution is -0.134. The molecule has 3 aliphatic rings. The van der Waals surface area contributed by atoms with E-state index in [0.717, 1.165) is 38.0 Å². The molecule has 1 amide bonds. The lowest BCUT2D eigenvalue weighted by Gasteiger charge is -2.36. The lowest BCUT2D eigenvalue weighted by Crippen LogP contribution is -2.41. The Hall–Kier alpha value is -2.42. The Morgan fingerprint density at radius 1 is 1.03 bits per heavy atom. The zero-order valence-electron chi connectivity index (χ0n) is 20.4. The summed E-state index contributed by atoms with van der Waals surface area (Å²) < 4.78 is 33.8. The van der Waals surface area contributed by atoms with Crippen molar-refractivity contribution in [3.05, 3.63) is 59.7 Å². The first-order valence-electron chi connectivity index (χ1n) is 12.8. The summed E-state index contributed by atoms with van der Waals surface area (Å²) in [6, 6.07) is 15.1. The fourth-order valence-electron chi connectivity index (χ4n) is 5.60. The van der Waals surface area contributed by atoms with Gasteiger partial charge in [0, 0.05) is 32.2 Å². The van der Waals surface area contributed by atoms with Crippen LogP contribution < -0.4 is 4.74 Å². The molecule has 2 saturated heterocycles. The number of rotatable bonds is 7. The van der Waals surface area contributed by atoms with E-state index in [4.69, 9.17) is 4.74 Å². The zero-order chi connectivity index (χ0) is 24.4. The summed E-state index contributed by atoms with van der Waals surface area (Å²) in [4.78, 5) is 18.5. The van der Waals surface area contributed by atoms with Gasteiger partial charge < -0.3 is 14.5 Å². The minimum atomic E-state index is -3.57. The average molecular weight is 498 g/mol. The fourth-order valence-corrected chi connectivity index (χ4v) is 7.16. The van der Waals surface area contributed by atoms with E-state index >= 15 is 0 Å². The summed E-state index contributed by atoms with van der Waals surface area (Å²) in [5.41, 5.74) is 1.80. The molecule has 0 aromatic heterocycles. The summed E-state index contributed by atoms with van der Waals surface area (Å²) in [6.07, 6.45) is 4.70. The van der Waals surface area contributed by atoms with Gasteiger partial charge in [-0.1, -0.05) is 30.3 Å². The molecule has 35 heavy (non-hydrogen) atoms. The molecule has 2 aromatic carbocycles. The maximum Gasteiger partial charge on any atom is 0.243 e. The Morgan fingerprint density at radius 3 is 2.43 bits per heavy atom. The van der Waals surface area contributed by atoms with Crippen molar-refractivity contribution in [2.24, 2.45) is 0 Å². The van der Waals surface area contributed by atoms with Crippen LogP contribution in [0.25, 0.3) is 0 Å². The molecule has 0 radical (unpaired) electrons. The Balaban J connectivity index is 1.44. The highest BCUT2D eigenvalue weighted by Gasteiger charge is 2.36. The van der Waals surface area contributed by atoms with Crippen LogP contribution in [0.15, 0.2) is 53.4 Å². The van der Waals surface area contributed by atoms with Crippen LogP contribution in [0.3, 0.4) is 0 Å². The number of carbonyl (C=O) groups excluding carboxylic acids is 1. The first-order valence-corrected chi connectivity index (χ1v) is 14.2. The third kappa shape index (κ3) is 4.97. The standard InChI is InChI=1S/C27H35N3O4S/c1-28(25(20-29-14-5-6-15-29)21-9-3-2-4-10-21)27(31)23-13-18-34-26-12-11-22(19-24(23)26)35(32,33)30-16-7-8-17-30/h2-4,9-12,19,23,25H,5-8,13-18,20H2,1H3. The van der Waals surface area contributed by atoms with Gasteiger partial charge in [0.1, 0.15) is 5.75 Å². The van der Waals surface area contributed by atoms with Crippen molar-refractivity contribution in [2.45, 2.75) is 49.0 Å². The molecule has 2 fully saturated rings. The second-order valence-electron chi connectivity index (χ2n) is 9.88. The first-order chi connectivity index (χ1) is 16.9. The topological polar surface area (TPSA) is 70.2 Å². The molecule has 0 aliphatic carbocycles. The van der Waals surface area contributed by atoms with Crippen LogP contribution >= 0.6 is 0 Å². The van der Waals surface area contributed by atoms with Gasteiger partial charge in [-0.15, -0.1) is 0 Å². The van der Waals surface area contributed by atoms with Crippen LogP contribution in [0.1, 0.15) is 55.2 Å². The molecular formula is C27H35N3O4S. The smallest absolute Gasteiger partial charge is 0.243 e. The maximum atomic E-state index is 14.0. The molecule has 2 unspecified atom stereocenters. The first kappa shape index (κ1) is 24.3. The number of benzene rings is 2. The van der Waals surface area contributed by atoms with E-state index in [1.54, 1.807) is 22.5 Å². The number of ether oxygens (including phenoxy) is 1. The van der Waals surface area contributed by atoms with Gasteiger partial charge in [0.2, 0.25) is 15.9 Å². The number of likely N-dealkylation sites (tertiary alicyclic amines) is 1. The molecule has 5 rings (SSSR count). The number of hydrogen-bond acceptors (Lipinski definition) is 5. The number of carbonyl (C=O) groups is 1. The fraction of sp³-hybridized carbons (Fsp3) is 0.519. The normalized spacial score (nSPS) is 21.9. The van der Waals surface area contributed by atoms with Gasteiger partial charge in [0.25, 0.3) is 0 Å². The van der Waals surface area contributed by atoms with Gasteiger partial charge in [-0.2, -0.15) is 4.31 Å². The van der Waals surface area contributed by atoms with E-state index < -0.39 is 15.9 Å². The Morgan fingerprint density at radius 2 is 1.71 bits per heavy atom. The number of nitrogens with zero attached hydrogens (tertiary/aromatic N) is 3. The highest BCUT2D eigenvalue weighted by Crippen LogP contribution is 2.38. The van der Waals surface area contributed by atoms with Crippen molar-refractivity contribution in [1.29, 1.82) is 0 Å². The van der Waals surface area contributed by atoms with E-state index in [2.05, 4.69) is 17.0 Å². The van der Waals surface area contributed by atoms with Crippen LogP contribution in [0.4, 0.5) is 0 Å². The van der Waals surface area contributed by atoms with E-state index in [1.165, 1.54) is 12.8 Å². The molecule has 0 spiro atoms. The van der Waals surface area contributed by atoms with Crippen molar-refractivity contribution in [3.8, 4) is 5.75 Å². The van der Waals surface area contributed by atoms with Gasteiger partial charge >= 0.3 is 0 Å². The van der Waals surface area contributed by atoms with E-state index in [-0.39, 0.29) is 16.8 Å². The monoisotopic (exact) mass is 497 g/mol. The molecule has 188 valence electrons. The third-order valence-electron chi connectivity index (χ3n) is 7.65. The Labute approximate surface area is 208 Å². The number of amides is 1. The highest BCUT2D eigenvalue weighted by atomic mass is 32.2. The van der Waals surface area contributed by atoms with Gasteiger partial charge in [-0.3, -0.25) is 4.79 Å². The average Bonchev–Trinajstić information content (AvgIpc) is 3.61. The molecule has 3 heterocycles. The molecule has 2 atom stereocenters. The largest absolute Gasteiger partial charge is 0.493 e. The van der Waals surface area contributed by atoms with E-state index in [1.807, 2.05) is 30.1 Å². The van der Waals surface area contributed by atoms with Crippen molar-refractivity contribution in [3.63, 3.8) is 0 Å². The molecule has 0 N–H and O–H groups in total. The van der Waals surface area contributed by atoms with Crippen LogP contribution in [-0.2, 0) is 14.8 Å². The Bertz CT molecular complexity index is 1140. The van der Waals surface area contributed by atoms with Crippen molar-refractivity contribution in [1.82, 2.24) is 14.1 Å². The molecule has 7 nitrogen and oxygen atoms in total. The minimum absolute atomic E-state index is 0.0123. The predicted molar refractivity (Wildman–Crippen MR) is 135 cm³/mol. The maximum absolute atomic E-state index is 14.0. The molecule has 0 saturated carbocycles. The molecular weight excluding hydrogens is 462 g/mol. The van der Waals surface area contributed by atoms with Crippen molar-refractivity contribution in [2.75, 3.05) is 46.4 Å². The second kappa shape index (κ2) is 10.3. The van der Waals surface area contributed by atoms with Crippen molar-refractivity contribution < 1.29 is 17.9 Å².